The molecule has 0 fully saturated rings. The van der Waals surface area contributed by atoms with Crippen molar-refractivity contribution in [3.05, 3.63) is 6.07 Å². The number of hydrogen-bond acceptors (Lipinski definition) is 5. The molecule has 0 saturated carbocycles. The minimum atomic E-state index is 0.631. The molecular weight excluding hydrogens is 693 g/mol. The van der Waals surface area contributed by atoms with Crippen LogP contribution in [0.4, 0.5) is 0 Å². The number of unbranched alkanes of at least 4 members (excludes halogenated alkanes) is 30. The highest BCUT2D eigenvalue weighted by molar-refractivity contribution is 5.65. The van der Waals surface area contributed by atoms with Crippen LogP contribution >= 0.6 is 0 Å². The Labute approximate surface area is 349 Å². The van der Waals surface area contributed by atoms with E-state index in [0.717, 1.165) is 32.1 Å². The van der Waals surface area contributed by atoms with Crippen LogP contribution in [0.2, 0.25) is 0 Å². The first-order chi connectivity index (χ1) is 27.7. The summed E-state index contributed by atoms with van der Waals surface area (Å²) in [5, 5.41) is 0. The van der Waals surface area contributed by atoms with Crippen molar-refractivity contribution >= 4 is 0 Å². The van der Waals surface area contributed by atoms with Gasteiger partial charge in [0.1, 0.15) is 0 Å². The monoisotopic (exact) mass is 788 g/mol. The Bertz CT molecular complexity index is 887. The first-order valence-corrected chi connectivity index (χ1v) is 25.0. The largest absolute Gasteiger partial charge is 0.489 e. The maximum absolute atomic E-state index is 6.76. The van der Waals surface area contributed by atoms with Crippen LogP contribution in [-0.4, -0.2) is 33.0 Å². The lowest BCUT2D eigenvalue weighted by atomic mass is 10.1. The second-order valence-electron chi connectivity index (χ2n) is 16.6. The number of benzene rings is 1. The summed E-state index contributed by atoms with van der Waals surface area (Å²) in [5.74, 6) is 3.27. The van der Waals surface area contributed by atoms with Gasteiger partial charge in [-0.15, -0.1) is 0 Å². The van der Waals surface area contributed by atoms with E-state index in [2.05, 4.69) is 40.7 Å². The normalized spacial score (nSPS) is 11.3. The second kappa shape index (κ2) is 41.4. The van der Waals surface area contributed by atoms with E-state index >= 15 is 0 Å². The Morgan fingerprint density at radius 2 is 0.429 bits per heavy atom. The van der Waals surface area contributed by atoms with Crippen molar-refractivity contribution in [2.45, 2.75) is 259 Å². The van der Waals surface area contributed by atoms with Gasteiger partial charge in [0.25, 0.3) is 0 Å². The lowest BCUT2D eigenvalue weighted by Crippen LogP contribution is -2.11. The molecule has 329 valence electrons. The van der Waals surface area contributed by atoms with Crippen LogP contribution in [0.3, 0.4) is 0 Å². The molecule has 0 saturated heterocycles. The van der Waals surface area contributed by atoms with Gasteiger partial charge in [-0.2, -0.15) is 0 Å². The Morgan fingerprint density at radius 1 is 0.232 bits per heavy atom. The highest BCUT2D eigenvalue weighted by Crippen LogP contribution is 2.51. The Balaban J connectivity index is 3.28. The van der Waals surface area contributed by atoms with Crippen molar-refractivity contribution < 1.29 is 23.7 Å². The maximum Gasteiger partial charge on any atom is 0.211 e. The summed E-state index contributed by atoms with van der Waals surface area (Å²) in [5.41, 5.74) is 0. The van der Waals surface area contributed by atoms with Crippen LogP contribution in [0, 0.1) is 6.07 Å². The van der Waals surface area contributed by atoms with Gasteiger partial charge in [0.05, 0.1) is 39.1 Å². The van der Waals surface area contributed by atoms with Crippen molar-refractivity contribution in [2.24, 2.45) is 0 Å². The predicted molar refractivity (Wildman–Crippen MR) is 243 cm³/mol. The quantitative estimate of drug-likeness (QED) is 0.0616. The highest BCUT2D eigenvalue weighted by atomic mass is 16.6. The lowest BCUT2D eigenvalue weighted by molar-refractivity contribution is 0.206. The molecule has 56 heavy (non-hydrogen) atoms. The molecule has 0 amide bonds. The molecule has 0 aliphatic carbocycles. The van der Waals surface area contributed by atoms with Gasteiger partial charge in [0.2, 0.25) is 17.2 Å². The third-order valence-electron chi connectivity index (χ3n) is 11.0. The second-order valence-corrected chi connectivity index (χ2v) is 16.6. The topological polar surface area (TPSA) is 46.2 Å². The molecule has 0 aliphatic heterocycles. The van der Waals surface area contributed by atoms with Crippen LogP contribution in [0.25, 0.3) is 0 Å². The summed E-state index contributed by atoms with van der Waals surface area (Å²) in [6.45, 7) is 14.6. The molecule has 1 aromatic rings. The minimum absolute atomic E-state index is 0.631. The van der Waals surface area contributed by atoms with E-state index < -0.39 is 0 Å². The van der Waals surface area contributed by atoms with Gasteiger partial charge in [-0.3, -0.25) is 0 Å². The SMILES string of the molecule is CCCCCCCCCOc1[c]c(OCCCCCCCCC)c(OCCCCCCCCC)c(OCCCCCCCCC)c1OCCCCCCCCC. The average molecular weight is 788 g/mol. The first kappa shape index (κ1) is 52.2. The van der Waals surface area contributed by atoms with Gasteiger partial charge >= 0.3 is 0 Å². The summed E-state index contributed by atoms with van der Waals surface area (Å²) in [6, 6.07) is 3.57. The van der Waals surface area contributed by atoms with Crippen molar-refractivity contribution in [2.75, 3.05) is 33.0 Å². The fraction of sp³-hybridized carbons (Fsp3) is 0.882. The van der Waals surface area contributed by atoms with Gasteiger partial charge < -0.3 is 23.7 Å². The van der Waals surface area contributed by atoms with Crippen molar-refractivity contribution in [1.29, 1.82) is 0 Å². The van der Waals surface area contributed by atoms with Crippen molar-refractivity contribution in [1.82, 2.24) is 0 Å². The van der Waals surface area contributed by atoms with Crippen LogP contribution in [0.5, 0.6) is 28.7 Å². The van der Waals surface area contributed by atoms with E-state index in [1.54, 1.807) is 0 Å². The summed E-state index contributed by atoms with van der Waals surface area (Å²) in [7, 11) is 0. The molecule has 0 N–H and O–H groups in total. The molecule has 0 aromatic heterocycles. The van der Waals surface area contributed by atoms with Crippen LogP contribution in [0.15, 0.2) is 0 Å². The molecule has 1 rings (SSSR count). The van der Waals surface area contributed by atoms with E-state index in [1.807, 2.05) is 0 Å². The summed E-state index contributed by atoms with van der Waals surface area (Å²) >= 11 is 0. The van der Waals surface area contributed by atoms with Crippen molar-refractivity contribution in [3.63, 3.8) is 0 Å². The zero-order chi connectivity index (χ0) is 40.4. The minimum Gasteiger partial charge on any atom is -0.489 e. The first-order valence-electron chi connectivity index (χ1n) is 25.0. The third kappa shape index (κ3) is 29.4. The Hall–Kier alpha value is -1.78. The smallest absolute Gasteiger partial charge is 0.211 e. The molecule has 1 radical (unpaired) electrons. The van der Waals surface area contributed by atoms with Gasteiger partial charge in [-0.25, -0.2) is 0 Å². The standard InChI is InChI=1S/C51H95O5/c1-6-11-16-21-26-31-36-41-52-47-46-48(53-42-37-32-27-22-17-12-7-2)50(55-44-39-34-29-24-19-14-9-4)51(56-45-40-35-30-25-20-15-10-5)49(47)54-43-38-33-28-23-18-13-8-3/h6-45H2,1-5H3. The molecule has 0 bridgehead atoms. The third-order valence-corrected chi connectivity index (χ3v) is 11.0. The fourth-order valence-electron chi connectivity index (χ4n) is 7.29. The number of hydrogen-bond donors (Lipinski definition) is 0. The van der Waals surface area contributed by atoms with Crippen molar-refractivity contribution in [3.8, 4) is 28.7 Å². The van der Waals surface area contributed by atoms with Gasteiger partial charge in [-0.05, 0) is 32.1 Å². The summed E-state index contributed by atoms with van der Waals surface area (Å²) in [4.78, 5) is 0. The molecule has 5 nitrogen and oxygen atoms in total. The molecule has 0 heterocycles. The average Bonchev–Trinajstić information content (AvgIpc) is 3.21. The summed E-state index contributed by atoms with van der Waals surface area (Å²) in [6.07, 6.45) is 43.6. The highest BCUT2D eigenvalue weighted by Gasteiger charge is 2.26. The number of rotatable bonds is 45. The predicted octanol–water partition coefficient (Wildman–Crippen LogP) is 17.1. The van der Waals surface area contributed by atoms with E-state index in [9.17, 15) is 0 Å². The maximum atomic E-state index is 6.76. The van der Waals surface area contributed by atoms with Crippen LogP contribution in [-0.2, 0) is 0 Å². The number of ether oxygens (including phenoxy) is 5. The molecule has 5 heteroatoms. The zero-order valence-corrected chi connectivity index (χ0v) is 38.3. The molecular formula is C51H95O5. The fourth-order valence-corrected chi connectivity index (χ4v) is 7.29. The van der Waals surface area contributed by atoms with E-state index in [4.69, 9.17) is 23.7 Å². The molecule has 0 atom stereocenters. The van der Waals surface area contributed by atoms with E-state index in [-0.39, 0.29) is 0 Å². The Kier molecular flexibility index (Phi) is 38.6. The Morgan fingerprint density at radius 3 is 0.679 bits per heavy atom. The van der Waals surface area contributed by atoms with Gasteiger partial charge in [0, 0.05) is 0 Å². The molecule has 1 aromatic carbocycles. The summed E-state index contributed by atoms with van der Waals surface area (Å²) < 4.78 is 33.3. The lowest BCUT2D eigenvalue weighted by Gasteiger charge is -2.23. The zero-order valence-electron chi connectivity index (χ0n) is 38.3. The molecule has 0 unspecified atom stereocenters. The van der Waals surface area contributed by atoms with E-state index in [0.29, 0.717) is 61.8 Å². The van der Waals surface area contributed by atoms with Crippen LogP contribution < -0.4 is 23.7 Å². The van der Waals surface area contributed by atoms with Gasteiger partial charge in [0.15, 0.2) is 11.5 Å². The molecule has 0 spiro atoms. The molecule has 0 aliphatic rings. The van der Waals surface area contributed by atoms with Gasteiger partial charge in [-0.1, -0.05) is 227 Å². The van der Waals surface area contributed by atoms with E-state index in [1.165, 1.54) is 193 Å². The van der Waals surface area contributed by atoms with Crippen LogP contribution in [0.1, 0.15) is 259 Å².